The minimum Gasteiger partial charge on any atom is -0.463 e. The number of carbonyl (C=O) groups is 1. The van der Waals surface area contributed by atoms with Gasteiger partial charge >= 0.3 is 5.97 Å². The Morgan fingerprint density at radius 2 is 1.79 bits per heavy atom. The van der Waals surface area contributed by atoms with Crippen molar-refractivity contribution in [3.05, 3.63) is 126 Å². The van der Waals surface area contributed by atoms with Gasteiger partial charge in [0, 0.05) is 22.2 Å². The van der Waals surface area contributed by atoms with E-state index in [1.54, 1.807) is 18.4 Å². The quantitative estimate of drug-likeness (QED) is 0.286. The molecule has 0 spiro atoms. The minimum atomic E-state index is -0.594. The van der Waals surface area contributed by atoms with Crippen molar-refractivity contribution in [2.24, 2.45) is 4.99 Å². The van der Waals surface area contributed by atoms with Gasteiger partial charge in [-0.05, 0) is 43.5 Å². The lowest BCUT2D eigenvalue weighted by Gasteiger charge is -2.23. The van der Waals surface area contributed by atoms with Crippen molar-refractivity contribution in [3.63, 3.8) is 0 Å². The summed E-state index contributed by atoms with van der Waals surface area (Å²) < 4.78 is 9.31. The molecule has 6 rings (SSSR count). The Labute approximate surface area is 232 Å². The van der Waals surface area contributed by atoms with E-state index in [0.29, 0.717) is 20.6 Å². The van der Waals surface area contributed by atoms with Crippen LogP contribution in [0.15, 0.2) is 105 Å². The molecular weight excluding hydrogens is 528 g/mol. The smallest absolute Gasteiger partial charge is 0.338 e. The first kappa shape index (κ1) is 25.0. The summed E-state index contributed by atoms with van der Waals surface area (Å²) >= 11 is 2.80. The zero-order chi connectivity index (χ0) is 26.9. The van der Waals surface area contributed by atoms with Gasteiger partial charge in [-0.25, -0.2) is 14.5 Å². The highest BCUT2D eigenvalue weighted by Gasteiger charge is 2.34. The van der Waals surface area contributed by atoms with E-state index in [4.69, 9.17) is 9.84 Å². The number of nitrogens with zero attached hydrogens (tertiary/aromatic N) is 4. The van der Waals surface area contributed by atoms with Gasteiger partial charge in [0.15, 0.2) is 4.80 Å². The van der Waals surface area contributed by atoms with Gasteiger partial charge in [0.25, 0.3) is 5.56 Å². The van der Waals surface area contributed by atoms with E-state index < -0.39 is 12.0 Å². The Hall–Kier alpha value is -4.34. The molecule has 0 radical (unpaired) electrons. The van der Waals surface area contributed by atoms with Gasteiger partial charge < -0.3 is 4.74 Å². The normalized spacial score (nSPS) is 15.2. The molecular formula is C30H24N4O3S2. The Morgan fingerprint density at radius 3 is 2.49 bits per heavy atom. The van der Waals surface area contributed by atoms with E-state index in [0.717, 1.165) is 27.4 Å². The fraction of sp³-hybridized carbons (Fsp3) is 0.133. The summed E-state index contributed by atoms with van der Waals surface area (Å²) in [6, 6.07) is 23.0. The van der Waals surface area contributed by atoms with Crippen LogP contribution in [0.2, 0.25) is 0 Å². The number of fused-ring (bicyclic) bond motifs is 1. The molecule has 0 aliphatic carbocycles. The second kappa shape index (κ2) is 10.4. The number of aromatic nitrogens is 3. The first-order valence-electron chi connectivity index (χ1n) is 12.5. The summed E-state index contributed by atoms with van der Waals surface area (Å²) in [7, 11) is 0. The molecule has 2 aromatic carbocycles. The van der Waals surface area contributed by atoms with Crippen LogP contribution in [0.25, 0.3) is 23.0 Å². The molecule has 9 heteroatoms. The third kappa shape index (κ3) is 4.60. The van der Waals surface area contributed by atoms with Gasteiger partial charge in [-0.1, -0.05) is 65.9 Å². The summed E-state index contributed by atoms with van der Waals surface area (Å²) in [4.78, 5) is 33.1. The molecule has 194 valence electrons. The molecule has 0 unspecified atom stereocenters. The molecule has 0 amide bonds. The van der Waals surface area contributed by atoms with Crippen molar-refractivity contribution in [2.45, 2.75) is 19.9 Å². The zero-order valence-corrected chi connectivity index (χ0v) is 22.9. The van der Waals surface area contributed by atoms with E-state index in [1.807, 2.05) is 95.1 Å². The fourth-order valence-corrected chi connectivity index (χ4v) is 6.54. The highest BCUT2D eigenvalue weighted by molar-refractivity contribution is 7.10. The first-order valence-corrected chi connectivity index (χ1v) is 14.2. The predicted molar refractivity (Wildman–Crippen MR) is 154 cm³/mol. The molecule has 1 aliphatic heterocycles. The lowest BCUT2D eigenvalue weighted by Crippen LogP contribution is -2.39. The number of ether oxygens (including phenoxy) is 1. The number of esters is 1. The number of para-hydroxylation sites is 1. The average Bonchev–Trinajstić information content (AvgIpc) is 3.70. The third-order valence-electron chi connectivity index (χ3n) is 6.43. The van der Waals surface area contributed by atoms with Crippen LogP contribution in [0, 0.1) is 0 Å². The predicted octanol–water partition coefficient (Wildman–Crippen LogP) is 4.71. The van der Waals surface area contributed by atoms with Crippen LogP contribution in [-0.4, -0.2) is 26.9 Å². The van der Waals surface area contributed by atoms with E-state index >= 15 is 0 Å². The van der Waals surface area contributed by atoms with Gasteiger partial charge in [0.05, 0.1) is 33.8 Å². The number of benzene rings is 2. The summed E-state index contributed by atoms with van der Waals surface area (Å²) in [5.41, 5.74) is 4.18. The highest BCUT2D eigenvalue weighted by Crippen LogP contribution is 2.33. The largest absolute Gasteiger partial charge is 0.463 e. The molecule has 0 fully saturated rings. The summed E-state index contributed by atoms with van der Waals surface area (Å²) in [6.45, 7) is 3.80. The van der Waals surface area contributed by atoms with E-state index in [1.165, 1.54) is 22.7 Å². The lowest BCUT2D eigenvalue weighted by atomic mass is 10.0. The molecule has 39 heavy (non-hydrogen) atoms. The van der Waals surface area contributed by atoms with E-state index in [9.17, 15) is 9.59 Å². The van der Waals surface area contributed by atoms with Gasteiger partial charge in [-0.3, -0.25) is 9.36 Å². The van der Waals surface area contributed by atoms with Gasteiger partial charge in [0.2, 0.25) is 0 Å². The van der Waals surface area contributed by atoms with Gasteiger partial charge in [-0.15, -0.1) is 11.3 Å². The van der Waals surface area contributed by atoms with Gasteiger partial charge in [0.1, 0.15) is 6.04 Å². The molecule has 1 atom stereocenters. The van der Waals surface area contributed by atoms with Crippen molar-refractivity contribution in [1.29, 1.82) is 0 Å². The summed E-state index contributed by atoms with van der Waals surface area (Å²) in [6.07, 6.45) is 3.80. The topological polar surface area (TPSA) is 78.5 Å². The van der Waals surface area contributed by atoms with Crippen molar-refractivity contribution >= 4 is 34.7 Å². The molecule has 0 N–H and O–H groups in total. The number of thiophene rings is 1. The molecule has 0 saturated carbocycles. The number of carbonyl (C=O) groups excluding carboxylic acids is 1. The standard InChI is InChI=1S/C30H24N4O3S2/c1-3-37-29(36)25-19(2)31-30-34(27(25)23-15-10-16-38-23)28(35)24(39-30)17-21-18-33(22-13-8-5-9-14-22)32-26(21)20-11-6-4-7-12-20/h4-18,27H,3H2,1-2H3/b24-17+/t27-/m1/s1. The van der Waals surface area contributed by atoms with Crippen LogP contribution in [0.5, 0.6) is 0 Å². The maximum Gasteiger partial charge on any atom is 0.338 e. The van der Waals surface area contributed by atoms with E-state index in [-0.39, 0.29) is 12.2 Å². The zero-order valence-electron chi connectivity index (χ0n) is 21.3. The van der Waals surface area contributed by atoms with Crippen molar-refractivity contribution < 1.29 is 9.53 Å². The highest BCUT2D eigenvalue weighted by atomic mass is 32.1. The maximum atomic E-state index is 14.0. The molecule has 1 aliphatic rings. The van der Waals surface area contributed by atoms with Crippen LogP contribution in [-0.2, 0) is 9.53 Å². The summed E-state index contributed by atoms with van der Waals surface area (Å²) in [5, 5.41) is 6.81. The summed E-state index contributed by atoms with van der Waals surface area (Å²) in [5.74, 6) is -0.457. The first-order chi connectivity index (χ1) is 19.0. The molecule has 4 heterocycles. The number of thiazole rings is 1. The van der Waals surface area contributed by atoms with Crippen LogP contribution >= 0.6 is 22.7 Å². The minimum absolute atomic E-state index is 0.210. The molecule has 0 bridgehead atoms. The molecule has 3 aromatic heterocycles. The second-order valence-corrected chi connectivity index (χ2v) is 10.9. The molecule has 7 nitrogen and oxygen atoms in total. The van der Waals surface area contributed by atoms with Crippen LogP contribution in [0.3, 0.4) is 0 Å². The lowest BCUT2D eigenvalue weighted by molar-refractivity contribution is -0.139. The third-order valence-corrected chi connectivity index (χ3v) is 8.33. The molecule has 0 saturated heterocycles. The Balaban J connectivity index is 1.55. The molecule has 5 aromatic rings. The fourth-order valence-electron chi connectivity index (χ4n) is 4.68. The number of rotatable bonds is 6. The number of allylic oxidation sites excluding steroid dienone is 1. The number of hydrogen-bond acceptors (Lipinski definition) is 7. The van der Waals surface area contributed by atoms with Crippen molar-refractivity contribution in [2.75, 3.05) is 6.61 Å². The average molecular weight is 553 g/mol. The van der Waals surface area contributed by atoms with Gasteiger partial charge in [-0.2, -0.15) is 5.10 Å². The van der Waals surface area contributed by atoms with Crippen LogP contribution < -0.4 is 14.9 Å². The Kier molecular flexibility index (Phi) is 6.68. The van der Waals surface area contributed by atoms with Crippen LogP contribution in [0.1, 0.15) is 30.3 Å². The SMILES string of the molecule is CCOC(=O)C1=C(C)N=c2s/c(=C/c3cn(-c4ccccc4)nc3-c3ccccc3)c(=O)n2[C@@H]1c1cccs1. The Bertz CT molecular complexity index is 1870. The van der Waals surface area contributed by atoms with Crippen LogP contribution in [0.4, 0.5) is 0 Å². The van der Waals surface area contributed by atoms with Crippen molar-refractivity contribution in [3.8, 4) is 16.9 Å². The van der Waals surface area contributed by atoms with E-state index in [2.05, 4.69) is 4.99 Å². The monoisotopic (exact) mass is 552 g/mol. The second-order valence-electron chi connectivity index (χ2n) is 8.90. The Morgan fingerprint density at radius 1 is 1.05 bits per heavy atom. The number of hydrogen-bond donors (Lipinski definition) is 0. The van der Waals surface area contributed by atoms with Crippen molar-refractivity contribution in [1.82, 2.24) is 14.3 Å². The maximum absolute atomic E-state index is 14.0.